The van der Waals surface area contributed by atoms with Gasteiger partial charge in [0.2, 0.25) is 0 Å². The molecule has 0 amide bonds. The number of aldehydes is 1. The van der Waals surface area contributed by atoms with Crippen LogP contribution in [0.15, 0.2) is 18.2 Å². The van der Waals surface area contributed by atoms with E-state index in [0.29, 0.717) is 11.8 Å². The van der Waals surface area contributed by atoms with E-state index in [9.17, 15) is 18.0 Å². The minimum atomic E-state index is -4.41. The third-order valence-electron chi connectivity index (χ3n) is 1.79. The van der Waals surface area contributed by atoms with Crippen molar-refractivity contribution < 1.29 is 22.7 Å². The second-order valence-electron chi connectivity index (χ2n) is 3.15. The summed E-state index contributed by atoms with van der Waals surface area (Å²) in [5.41, 5.74) is 6.10. The zero-order chi connectivity index (χ0) is 12.2. The first-order valence-corrected chi connectivity index (χ1v) is 4.44. The van der Waals surface area contributed by atoms with Crippen LogP contribution in [-0.2, 0) is 11.2 Å². The van der Waals surface area contributed by atoms with Crippen LogP contribution in [0.4, 0.5) is 18.9 Å². The van der Waals surface area contributed by atoms with E-state index < -0.39 is 12.8 Å². The molecule has 0 aliphatic carbocycles. The van der Waals surface area contributed by atoms with Crippen molar-refractivity contribution in [1.29, 1.82) is 0 Å². The maximum Gasteiger partial charge on any atom is 0.422 e. The monoisotopic (exact) mass is 233 g/mol. The number of carbonyl (C=O) groups is 1. The molecular weight excluding hydrogens is 223 g/mol. The van der Waals surface area contributed by atoms with Gasteiger partial charge in [0.25, 0.3) is 0 Å². The van der Waals surface area contributed by atoms with E-state index in [4.69, 9.17) is 5.73 Å². The molecule has 0 radical (unpaired) electrons. The molecule has 0 aromatic heterocycles. The summed E-state index contributed by atoms with van der Waals surface area (Å²) in [5, 5.41) is 0. The highest BCUT2D eigenvalue weighted by Gasteiger charge is 2.28. The van der Waals surface area contributed by atoms with Gasteiger partial charge >= 0.3 is 6.18 Å². The molecule has 16 heavy (non-hydrogen) atoms. The summed E-state index contributed by atoms with van der Waals surface area (Å²) in [4.78, 5) is 10.2. The van der Waals surface area contributed by atoms with Crippen molar-refractivity contribution in [1.82, 2.24) is 0 Å². The third kappa shape index (κ3) is 3.80. The van der Waals surface area contributed by atoms with Gasteiger partial charge in [-0.15, -0.1) is 0 Å². The Kier molecular flexibility index (Phi) is 3.76. The van der Waals surface area contributed by atoms with Crippen molar-refractivity contribution in [3.63, 3.8) is 0 Å². The van der Waals surface area contributed by atoms with Crippen LogP contribution in [-0.4, -0.2) is 19.1 Å². The molecule has 0 fully saturated rings. The van der Waals surface area contributed by atoms with Gasteiger partial charge in [-0.1, -0.05) is 6.07 Å². The van der Waals surface area contributed by atoms with Gasteiger partial charge in [-0.3, -0.25) is 0 Å². The minimum absolute atomic E-state index is 0.0586. The maximum atomic E-state index is 11.9. The van der Waals surface area contributed by atoms with E-state index in [1.807, 2.05) is 0 Å². The number of rotatable bonds is 4. The molecular formula is C10H10F3NO2. The highest BCUT2D eigenvalue weighted by molar-refractivity contribution is 5.59. The average Bonchev–Trinajstić information content (AvgIpc) is 2.18. The van der Waals surface area contributed by atoms with Gasteiger partial charge in [0.1, 0.15) is 12.0 Å². The molecule has 0 atom stereocenters. The summed E-state index contributed by atoms with van der Waals surface area (Å²) in [6.07, 6.45) is -3.64. The van der Waals surface area contributed by atoms with Gasteiger partial charge in [0.15, 0.2) is 6.61 Å². The summed E-state index contributed by atoms with van der Waals surface area (Å²) >= 11 is 0. The first kappa shape index (κ1) is 12.4. The van der Waals surface area contributed by atoms with Crippen molar-refractivity contribution in [2.24, 2.45) is 0 Å². The smallest absolute Gasteiger partial charge is 0.422 e. The van der Waals surface area contributed by atoms with E-state index in [2.05, 4.69) is 4.74 Å². The lowest BCUT2D eigenvalue weighted by Crippen LogP contribution is -2.19. The van der Waals surface area contributed by atoms with Crippen LogP contribution in [0.5, 0.6) is 5.75 Å². The van der Waals surface area contributed by atoms with Gasteiger partial charge in [-0.2, -0.15) is 13.2 Å². The van der Waals surface area contributed by atoms with E-state index in [1.165, 1.54) is 12.1 Å². The van der Waals surface area contributed by atoms with Crippen molar-refractivity contribution in [3.05, 3.63) is 23.8 Å². The number of hydrogen-bond donors (Lipinski definition) is 1. The van der Waals surface area contributed by atoms with Crippen LogP contribution >= 0.6 is 0 Å². The van der Waals surface area contributed by atoms with Crippen molar-refractivity contribution in [2.75, 3.05) is 12.3 Å². The number of anilines is 1. The lowest BCUT2D eigenvalue weighted by Gasteiger charge is -2.11. The Labute approximate surface area is 90.0 Å². The molecule has 1 aromatic carbocycles. The lowest BCUT2D eigenvalue weighted by atomic mass is 10.1. The second kappa shape index (κ2) is 4.87. The summed E-state index contributed by atoms with van der Waals surface area (Å²) in [6.45, 7) is -1.40. The Hall–Kier alpha value is -1.72. The fourth-order valence-electron chi connectivity index (χ4n) is 1.09. The highest BCUT2D eigenvalue weighted by atomic mass is 19.4. The number of nitrogen functional groups attached to an aromatic ring is 1. The van der Waals surface area contributed by atoms with Gasteiger partial charge in [-0.05, 0) is 17.7 Å². The molecule has 0 aliphatic heterocycles. The van der Waals surface area contributed by atoms with Gasteiger partial charge in [-0.25, -0.2) is 0 Å². The van der Waals surface area contributed by atoms with Crippen molar-refractivity contribution in [2.45, 2.75) is 12.6 Å². The number of benzene rings is 1. The van der Waals surface area contributed by atoms with Crippen molar-refractivity contribution >= 4 is 12.0 Å². The van der Waals surface area contributed by atoms with Crippen LogP contribution in [0.25, 0.3) is 0 Å². The topological polar surface area (TPSA) is 52.3 Å². The number of carbonyl (C=O) groups excluding carboxylic acids is 1. The molecule has 0 aliphatic rings. The third-order valence-corrected chi connectivity index (χ3v) is 1.79. The summed E-state index contributed by atoms with van der Waals surface area (Å²) < 4.78 is 40.2. The molecule has 2 N–H and O–H groups in total. The fourth-order valence-corrected chi connectivity index (χ4v) is 1.09. The summed E-state index contributed by atoms with van der Waals surface area (Å²) in [5.74, 6) is -0.0586. The number of nitrogens with two attached hydrogens (primary N) is 1. The number of ether oxygens (including phenoxy) is 1. The van der Waals surface area contributed by atoms with Crippen LogP contribution < -0.4 is 10.5 Å². The first-order valence-electron chi connectivity index (χ1n) is 4.44. The fraction of sp³-hybridized carbons (Fsp3) is 0.300. The van der Waals surface area contributed by atoms with Crippen molar-refractivity contribution in [3.8, 4) is 5.75 Å². The van der Waals surface area contributed by atoms with E-state index in [1.54, 1.807) is 6.07 Å². The van der Waals surface area contributed by atoms with E-state index >= 15 is 0 Å². The van der Waals surface area contributed by atoms with E-state index in [0.717, 1.165) is 0 Å². The van der Waals surface area contributed by atoms with Gasteiger partial charge in [0.05, 0.1) is 5.69 Å². The standard InChI is InChI=1S/C10H10F3NO2/c11-10(12,13)6-16-9-5-7(3-4-15)1-2-8(9)14/h1-2,4-5H,3,6,14H2. The SMILES string of the molecule is Nc1ccc(CC=O)cc1OCC(F)(F)F. The van der Waals surface area contributed by atoms with Gasteiger partial charge < -0.3 is 15.3 Å². The molecule has 1 rings (SSSR count). The zero-order valence-electron chi connectivity index (χ0n) is 8.25. The quantitative estimate of drug-likeness (QED) is 0.638. The Morgan fingerprint density at radius 2 is 2.06 bits per heavy atom. The normalized spacial score (nSPS) is 11.2. The first-order chi connectivity index (χ1) is 7.42. The molecule has 0 saturated heterocycles. The largest absolute Gasteiger partial charge is 0.482 e. The van der Waals surface area contributed by atoms with Crippen LogP contribution in [0.1, 0.15) is 5.56 Å². The molecule has 0 unspecified atom stereocenters. The molecule has 6 heteroatoms. The molecule has 1 aromatic rings. The Morgan fingerprint density at radius 1 is 1.38 bits per heavy atom. The summed E-state index contributed by atoms with van der Waals surface area (Å²) in [6, 6.07) is 4.30. The number of hydrogen-bond acceptors (Lipinski definition) is 3. The molecule has 88 valence electrons. The Balaban J connectivity index is 2.77. The number of alkyl halides is 3. The van der Waals surface area contributed by atoms with E-state index in [-0.39, 0.29) is 17.9 Å². The molecule has 0 saturated carbocycles. The predicted molar refractivity (Wildman–Crippen MR) is 52.2 cm³/mol. The maximum absolute atomic E-state index is 11.9. The predicted octanol–water partition coefficient (Wildman–Crippen LogP) is 1.95. The number of halogens is 3. The Bertz CT molecular complexity index is 377. The molecule has 0 bridgehead atoms. The highest BCUT2D eigenvalue weighted by Crippen LogP contribution is 2.25. The van der Waals surface area contributed by atoms with Gasteiger partial charge in [0, 0.05) is 6.42 Å². The lowest BCUT2D eigenvalue weighted by molar-refractivity contribution is -0.153. The Morgan fingerprint density at radius 3 is 2.62 bits per heavy atom. The van der Waals surface area contributed by atoms with Crippen LogP contribution in [0.2, 0.25) is 0 Å². The average molecular weight is 233 g/mol. The van der Waals surface area contributed by atoms with Crippen LogP contribution in [0.3, 0.4) is 0 Å². The second-order valence-corrected chi connectivity index (χ2v) is 3.15. The molecule has 3 nitrogen and oxygen atoms in total. The molecule has 0 spiro atoms. The zero-order valence-corrected chi connectivity index (χ0v) is 8.25. The minimum Gasteiger partial charge on any atom is -0.482 e. The van der Waals surface area contributed by atoms with Crippen LogP contribution in [0, 0.1) is 0 Å². The summed E-state index contributed by atoms with van der Waals surface area (Å²) in [7, 11) is 0. The molecule has 0 heterocycles.